The highest BCUT2D eigenvalue weighted by Gasteiger charge is 2.37. The molecule has 1 aliphatic heterocycles. The van der Waals surface area contributed by atoms with Gasteiger partial charge in [0.1, 0.15) is 25.1 Å². The number of carbonyl (C=O) groups excluding carboxylic acids is 3. The molecule has 0 aliphatic carbocycles. The number of carboxylic acids is 1. The molecule has 0 bridgehead atoms. The summed E-state index contributed by atoms with van der Waals surface area (Å²) in [5.41, 5.74) is 0.866. The van der Waals surface area contributed by atoms with Crippen LogP contribution >= 0.6 is 0 Å². The SMILES string of the molecule is CCCC(CCC)C(=O)N[C@@H](CNC(=O)CO[C@@H]1C[C@@H](CNc2ccccn2)N(C(=O)OCc2ccccc2)C1)C(=O)O. The van der Waals surface area contributed by atoms with E-state index in [1.807, 2.05) is 62.4 Å². The second kappa shape index (κ2) is 17.7. The van der Waals surface area contributed by atoms with E-state index < -0.39 is 30.1 Å². The van der Waals surface area contributed by atoms with Gasteiger partial charge in [0.05, 0.1) is 18.7 Å². The third-order valence-corrected chi connectivity index (χ3v) is 7.21. The fraction of sp³-hybridized carbons (Fsp3) is 0.516. The highest BCUT2D eigenvalue weighted by Crippen LogP contribution is 2.22. The second-order valence-electron chi connectivity index (χ2n) is 10.6. The number of carboxylic acid groups (broad SMARTS) is 1. The van der Waals surface area contributed by atoms with Crippen LogP contribution in [0.2, 0.25) is 0 Å². The minimum Gasteiger partial charge on any atom is -0.480 e. The molecule has 1 aromatic carbocycles. The van der Waals surface area contributed by atoms with Gasteiger partial charge in [0.25, 0.3) is 0 Å². The number of rotatable bonds is 17. The molecule has 12 nitrogen and oxygen atoms in total. The van der Waals surface area contributed by atoms with Crippen molar-refractivity contribution in [2.75, 3.05) is 31.6 Å². The molecular weight excluding hydrogens is 554 g/mol. The van der Waals surface area contributed by atoms with Crippen LogP contribution in [-0.2, 0) is 30.5 Å². The maximum atomic E-state index is 13.0. The average molecular weight is 598 g/mol. The normalized spacial score (nSPS) is 16.9. The third kappa shape index (κ3) is 11.2. The maximum absolute atomic E-state index is 13.0. The van der Waals surface area contributed by atoms with Gasteiger partial charge in [-0.1, -0.05) is 63.1 Å². The number of aromatic nitrogens is 1. The summed E-state index contributed by atoms with van der Waals surface area (Å²) in [4.78, 5) is 55.8. The van der Waals surface area contributed by atoms with E-state index in [1.54, 1.807) is 11.1 Å². The van der Waals surface area contributed by atoms with Gasteiger partial charge in [-0.25, -0.2) is 14.6 Å². The lowest BCUT2D eigenvalue weighted by Gasteiger charge is -2.24. The lowest BCUT2D eigenvalue weighted by Crippen LogP contribution is -2.50. The van der Waals surface area contributed by atoms with Crippen molar-refractivity contribution in [2.24, 2.45) is 5.92 Å². The van der Waals surface area contributed by atoms with E-state index in [2.05, 4.69) is 20.9 Å². The van der Waals surface area contributed by atoms with Gasteiger partial charge in [0.15, 0.2) is 0 Å². The van der Waals surface area contributed by atoms with E-state index in [-0.39, 0.29) is 44.2 Å². The van der Waals surface area contributed by atoms with Crippen LogP contribution in [0.1, 0.15) is 51.5 Å². The van der Waals surface area contributed by atoms with Crippen molar-refractivity contribution in [2.45, 2.75) is 70.7 Å². The van der Waals surface area contributed by atoms with Gasteiger partial charge in [-0.3, -0.25) is 9.59 Å². The van der Waals surface area contributed by atoms with Gasteiger partial charge in [-0.2, -0.15) is 0 Å². The minimum absolute atomic E-state index is 0.128. The van der Waals surface area contributed by atoms with Crippen LogP contribution in [-0.4, -0.2) is 83.3 Å². The molecule has 3 amide bonds. The largest absolute Gasteiger partial charge is 0.480 e. The minimum atomic E-state index is -1.25. The highest BCUT2D eigenvalue weighted by atomic mass is 16.6. The molecule has 2 heterocycles. The highest BCUT2D eigenvalue weighted by molar-refractivity contribution is 5.86. The summed E-state index contributed by atoms with van der Waals surface area (Å²) in [5, 5.41) is 17.9. The lowest BCUT2D eigenvalue weighted by molar-refractivity contribution is -0.142. The summed E-state index contributed by atoms with van der Waals surface area (Å²) in [6.45, 7) is 4.10. The molecule has 43 heavy (non-hydrogen) atoms. The molecule has 2 aromatic rings. The zero-order valence-electron chi connectivity index (χ0n) is 24.9. The predicted molar refractivity (Wildman–Crippen MR) is 160 cm³/mol. The number of nitrogens with one attached hydrogen (secondary N) is 3. The lowest BCUT2D eigenvalue weighted by atomic mass is 9.97. The summed E-state index contributed by atoms with van der Waals surface area (Å²) >= 11 is 0. The molecule has 4 N–H and O–H groups in total. The third-order valence-electron chi connectivity index (χ3n) is 7.21. The maximum Gasteiger partial charge on any atom is 0.410 e. The molecule has 0 spiro atoms. The first-order valence-electron chi connectivity index (χ1n) is 14.8. The number of hydrogen-bond donors (Lipinski definition) is 4. The molecule has 12 heteroatoms. The monoisotopic (exact) mass is 597 g/mol. The number of amides is 3. The number of anilines is 1. The smallest absolute Gasteiger partial charge is 0.410 e. The van der Waals surface area contributed by atoms with Crippen molar-refractivity contribution in [3.8, 4) is 0 Å². The van der Waals surface area contributed by atoms with Crippen molar-refractivity contribution in [1.29, 1.82) is 0 Å². The van der Waals surface area contributed by atoms with E-state index in [9.17, 15) is 24.3 Å². The van der Waals surface area contributed by atoms with Crippen LogP contribution in [0.25, 0.3) is 0 Å². The molecule has 1 aromatic heterocycles. The summed E-state index contributed by atoms with van der Waals surface area (Å²) in [6, 6.07) is 13.3. The predicted octanol–water partition coefficient (Wildman–Crippen LogP) is 3.19. The summed E-state index contributed by atoms with van der Waals surface area (Å²) in [5.74, 6) is -1.67. The van der Waals surface area contributed by atoms with E-state index in [4.69, 9.17) is 9.47 Å². The standard InChI is InChI=1S/C31H43N5O7/c1-3-10-23(11-4-2)29(38)35-26(30(39)40)18-34-28(37)21-42-25-16-24(17-33-27-14-8-9-15-32-27)36(19-25)31(41)43-20-22-12-6-5-7-13-22/h5-9,12-15,23-26H,3-4,10-11,16-21H2,1-2H3,(H,32,33)(H,34,37)(H,35,38)(H,39,40)/t24-,25+,26-/m0/s1. The van der Waals surface area contributed by atoms with Crippen LogP contribution in [0.5, 0.6) is 0 Å². The average Bonchev–Trinajstić information content (AvgIpc) is 3.43. The Kier molecular flexibility index (Phi) is 13.7. The van der Waals surface area contributed by atoms with E-state index in [1.165, 1.54) is 0 Å². The van der Waals surface area contributed by atoms with Crippen LogP contribution in [0, 0.1) is 5.92 Å². The number of ether oxygens (including phenoxy) is 2. The second-order valence-corrected chi connectivity index (χ2v) is 10.6. The molecule has 3 atom stereocenters. The van der Waals surface area contributed by atoms with E-state index in [0.29, 0.717) is 31.6 Å². The molecular formula is C31H43N5O7. The number of carbonyl (C=O) groups is 4. The zero-order chi connectivity index (χ0) is 31.0. The molecule has 234 valence electrons. The van der Waals surface area contributed by atoms with Crippen molar-refractivity contribution < 1.29 is 33.8 Å². The van der Waals surface area contributed by atoms with Crippen molar-refractivity contribution in [3.63, 3.8) is 0 Å². The first kappa shape index (κ1) is 33.3. The molecule has 1 saturated heterocycles. The van der Waals surface area contributed by atoms with Gasteiger partial charge < -0.3 is 35.4 Å². The molecule has 0 unspecified atom stereocenters. The number of likely N-dealkylation sites (tertiary alicyclic amines) is 1. The molecule has 1 aliphatic rings. The van der Waals surface area contributed by atoms with Crippen LogP contribution in [0.3, 0.4) is 0 Å². The summed E-state index contributed by atoms with van der Waals surface area (Å²) in [7, 11) is 0. The van der Waals surface area contributed by atoms with E-state index >= 15 is 0 Å². The van der Waals surface area contributed by atoms with E-state index in [0.717, 1.165) is 18.4 Å². The Balaban J connectivity index is 1.52. The number of hydrogen-bond acceptors (Lipinski definition) is 8. The Bertz CT molecular complexity index is 1160. The zero-order valence-corrected chi connectivity index (χ0v) is 24.9. The summed E-state index contributed by atoms with van der Waals surface area (Å²) in [6.07, 6.45) is 4.16. The Hall–Kier alpha value is -4.19. The van der Waals surface area contributed by atoms with Gasteiger partial charge in [-0.15, -0.1) is 0 Å². The molecule has 3 rings (SSSR count). The summed E-state index contributed by atoms with van der Waals surface area (Å²) < 4.78 is 11.4. The molecule has 0 saturated carbocycles. The van der Waals surface area contributed by atoms with Gasteiger partial charge in [0.2, 0.25) is 11.8 Å². The number of aliphatic carboxylic acids is 1. The Labute approximate surface area is 252 Å². The van der Waals surface area contributed by atoms with Crippen LogP contribution in [0.4, 0.5) is 10.6 Å². The Morgan fingerprint density at radius 3 is 2.42 bits per heavy atom. The van der Waals surface area contributed by atoms with Crippen molar-refractivity contribution in [3.05, 3.63) is 60.3 Å². The van der Waals surface area contributed by atoms with Gasteiger partial charge in [0, 0.05) is 25.2 Å². The van der Waals surface area contributed by atoms with Gasteiger partial charge >= 0.3 is 12.1 Å². The first-order valence-corrected chi connectivity index (χ1v) is 14.8. The van der Waals surface area contributed by atoms with Gasteiger partial charge in [-0.05, 0) is 37.0 Å². The number of pyridine rings is 1. The fourth-order valence-corrected chi connectivity index (χ4v) is 4.96. The van der Waals surface area contributed by atoms with Crippen molar-refractivity contribution in [1.82, 2.24) is 20.5 Å². The quantitative estimate of drug-likeness (QED) is 0.215. The van der Waals surface area contributed by atoms with Crippen LogP contribution < -0.4 is 16.0 Å². The first-order chi connectivity index (χ1) is 20.8. The number of benzene rings is 1. The fourth-order valence-electron chi connectivity index (χ4n) is 4.96. The number of nitrogens with zero attached hydrogens (tertiary/aromatic N) is 2. The molecule has 0 radical (unpaired) electrons. The van der Waals surface area contributed by atoms with Crippen molar-refractivity contribution >= 4 is 29.7 Å². The Morgan fingerprint density at radius 1 is 1.05 bits per heavy atom. The Morgan fingerprint density at radius 2 is 1.77 bits per heavy atom. The topological polar surface area (TPSA) is 159 Å². The van der Waals surface area contributed by atoms with Crippen LogP contribution in [0.15, 0.2) is 54.7 Å². The molecule has 1 fully saturated rings.